The maximum absolute atomic E-state index is 9.67. The Morgan fingerprint density at radius 1 is 1.33 bits per heavy atom. The van der Waals surface area contributed by atoms with Crippen molar-refractivity contribution < 1.29 is 45.9 Å². The summed E-state index contributed by atoms with van der Waals surface area (Å²) < 4.78 is 8.25. The first-order valence-electron chi connectivity index (χ1n) is 2.66. The molecule has 0 aliphatic rings. The molecule has 0 aliphatic heterocycles. The molecular weight excluding hydrogens is 191 g/mol. The zero-order chi connectivity index (χ0) is 7.54. The van der Waals surface area contributed by atoms with E-state index in [9.17, 15) is 4.79 Å². The summed E-state index contributed by atoms with van der Waals surface area (Å²) in [7, 11) is 0. The van der Waals surface area contributed by atoms with Crippen LogP contribution in [0.5, 0.6) is 0 Å². The Kier molecular flexibility index (Phi) is 22.0. The molecule has 0 spiro atoms. The first-order chi connectivity index (χ1) is 4.41. The van der Waals surface area contributed by atoms with E-state index in [4.69, 9.17) is 3.32 Å². The molecule has 0 amide bonds. The normalized spacial score (nSPS) is 7.00. The third kappa shape index (κ3) is 17.7. The molecule has 4 heteroatoms. The molecule has 0 saturated carbocycles. The number of hydrogen-bond acceptors (Lipinski definition) is 2. The van der Waals surface area contributed by atoms with Crippen molar-refractivity contribution in [1.82, 2.24) is 0 Å². The van der Waals surface area contributed by atoms with Crippen molar-refractivity contribution in [1.29, 1.82) is 0 Å². The van der Waals surface area contributed by atoms with E-state index < -0.39 is 0 Å². The van der Waals surface area contributed by atoms with Crippen LogP contribution in [0.3, 0.4) is 0 Å². The van der Waals surface area contributed by atoms with Gasteiger partial charge in [-0.05, 0) is 0 Å². The minimum atomic E-state index is 0.734. The van der Waals surface area contributed by atoms with Crippen LogP contribution in [0.25, 0.3) is 0 Å². The molecule has 0 aromatic carbocycles. The molecule has 0 radical (unpaired) electrons. The standard InChI is InChI=1S/C5H9O.O.Ti.V/c1-2-3-4-5-6;;;/h5H,1-4H2;;;. The summed E-state index contributed by atoms with van der Waals surface area (Å²) in [6.45, 7) is 0. The average Bonchev–Trinajstić information content (AvgIpc) is 1.94. The quantitative estimate of drug-likeness (QED) is 0.388. The second-order valence-electron chi connectivity index (χ2n) is 1.39. The van der Waals surface area contributed by atoms with Crippen molar-refractivity contribution in [3.8, 4) is 0 Å². The first kappa shape index (κ1) is 12.4. The molecule has 0 fully saturated rings. The monoisotopic (exact) mass is 200 g/mol. The van der Waals surface area contributed by atoms with Gasteiger partial charge in [-0.15, -0.1) is 0 Å². The van der Waals surface area contributed by atoms with Crippen molar-refractivity contribution in [3.63, 3.8) is 0 Å². The van der Waals surface area contributed by atoms with Crippen LogP contribution in [0.4, 0.5) is 0 Å². The van der Waals surface area contributed by atoms with E-state index in [1.54, 1.807) is 0 Å². The Morgan fingerprint density at radius 3 is 2.22 bits per heavy atom. The van der Waals surface area contributed by atoms with Crippen LogP contribution < -0.4 is 0 Å². The fourth-order valence-corrected chi connectivity index (χ4v) is 0.689. The molecule has 0 atom stereocenters. The van der Waals surface area contributed by atoms with Gasteiger partial charge in [-0.2, -0.15) is 0 Å². The number of aldehydes is 1. The zero-order valence-electron chi connectivity index (χ0n) is 5.17. The van der Waals surface area contributed by atoms with Gasteiger partial charge >= 0.3 is 76.6 Å². The molecule has 0 N–H and O–H groups in total. The Hall–Kier alpha value is 0.769. The van der Waals surface area contributed by atoms with Gasteiger partial charge in [0, 0.05) is 0 Å². The van der Waals surface area contributed by atoms with E-state index in [1.807, 2.05) is 0 Å². The Morgan fingerprint density at radius 2 is 1.89 bits per heavy atom. The van der Waals surface area contributed by atoms with E-state index >= 15 is 0 Å². The van der Waals surface area contributed by atoms with Crippen molar-refractivity contribution in [2.24, 2.45) is 0 Å². The number of unbranched alkanes of at least 4 members (excludes halogenated alkanes) is 2. The van der Waals surface area contributed by atoms with Gasteiger partial charge in [-0.1, -0.05) is 0 Å². The molecule has 0 aromatic heterocycles. The number of rotatable bonds is 4. The van der Waals surface area contributed by atoms with Crippen LogP contribution >= 0.6 is 0 Å². The van der Waals surface area contributed by atoms with E-state index in [1.165, 1.54) is 6.42 Å². The molecule has 0 heterocycles. The zero-order valence-corrected chi connectivity index (χ0v) is 8.13. The van der Waals surface area contributed by atoms with Gasteiger partial charge in [0.2, 0.25) is 0 Å². The van der Waals surface area contributed by atoms with E-state index in [0.717, 1.165) is 44.7 Å². The van der Waals surface area contributed by atoms with Crippen LogP contribution in [0.2, 0.25) is 5.13 Å². The summed E-state index contributed by atoms with van der Waals surface area (Å²) in [6, 6.07) is 0. The van der Waals surface area contributed by atoms with Crippen molar-refractivity contribution >= 4 is 6.29 Å². The summed E-state index contributed by atoms with van der Waals surface area (Å²) in [5, 5.41) is 1.14. The fraction of sp³-hybridized carbons (Fsp3) is 0.800. The van der Waals surface area contributed by atoms with Gasteiger partial charge in [0.25, 0.3) is 0 Å². The molecule has 0 unspecified atom stereocenters. The predicted octanol–water partition coefficient (Wildman–Crippen LogP) is 1.20. The first-order valence-corrected chi connectivity index (χ1v) is 4.29. The molecule has 0 aliphatic carbocycles. The summed E-state index contributed by atoms with van der Waals surface area (Å²) in [5.74, 6) is 0. The van der Waals surface area contributed by atoms with Gasteiger partial charge in [0.1, 0.15) is 0 Å². The van der Waals surface area contributed by atoms with Gasteiger partial charge in [0.15, 0.2) is 0 Å². The molecule has 0 rings (SSSR count). The summed E-state index contributed by atoms with van der Waals surface area (Å²) in [4.78, 5) is 9.67. The number of carbonyl (C=O) groups excluding carboxylic acids is 1. The number of hydrogen-bond donors (Lipinski definition) is 0. The molecule has 0 bridgehead atoms. The van der Waals surface area contributed by atoms with Gasteiger partial charge in [-0.25, -0.2) is 0 Å². The summed E-state index contributed by atoms with van der Waals surface area (Å²) in [6.07, 6.45) is 3.93. The van der Waals surface area contributed by atoms with Crippen LogP contribution in [0.1, 0.15) is 19.3 Å². The second kappa shape index (κ2) is 15.9. The maximum atomic E-state index is 9.67. The topological polar surface area (TPSA) is 34.1 Å². The average molecular weight is 200 g/mol. The molecule has 50 valence electrons. The third-order valence-electron chi connectivity index (χ3n) is 0.730. The molecular formula is C5H9O2TiV. The van der Waals surface area contributed by atoms with E-state index in [0.29, 0.717) is 0 Å². The van der Waals surface area contributed by atoms with Gasteiger partial charge in [0.05, 0.1) is 0 Å². The summed E-state index contributed by atoms with van der Waals surface area (Å²) in [5.41, 5.74) is 0. The Balaban J connectivity index is 0. The van der Waals surface area contributed by atoms with Crippen molar-refractivity contribution in [2.75, 3.05) is 0 Å². The molecule has 0 aromatic rings. The predicted molar refractivity (Wildman–Crippen MR) is 25.4 cm³/mol. The fourth-order valence-electron chi connectivity index (χ4n) is 0.339. The number of carbonyl (C=O) groups is 1. The van der Waals surface area contributed by atoms with Crippen LogP contribution in [0, 0.1) is 0 Å². The van der Waals surface area contributed by atoms with Gasteiger partial charge in [-0.3, -0.25) is 0 Å². The summed E-state index contributed by atoms with van der Waals surface area (Å²) >= 11 is 3.26. The van der Waals surface area contributed by atoms with Crippen LogP contribution in [0.15, 0.2) is 0 Å². The van der Waals surface area contributed by atoms with Crippen molar-refractivity contribution in [3.05, 3.63) is 0 Å². The van der Waals surface area contributed by atoms with Crippen molar-refractivity contribution in [2.45, 2.75) is 24.4 Å². The second-order valence-corrected chi connectivity index (χ2v) is 2.08. The van der Waals surface area contributed by atoms with Crippen LogP contribution in [-0.4, -0.2) is 6.29 Å². The molecule has 9 heavy (non-hydrogen) atoms. The third-order valence-corrected chi connectivity index (χ3v) is 1.22. The SMILES string of the molecule is O=CCCC[CH2][V].[O]=[Ti]. The molecule has 0 saturated heterocycles. The Bertz CT molecular complexity index is 60.9. The van der Waals surface area contributed by atoms with Gasteiger partial charge < -0.3 is 0 Å². The molecule has 2 nitrogen and oxygen atoms in total. The van der Waals surface area contributed by atoms with E-state index in [-0.39, 0.29) is 0 Å². The van der Waals surface area contributed by atoms with Crippen LogP contribution in [-0.2, 0) is 45.9 Å². The Labute approximate surface area is 76.5 Å². The minimum absolute atomic E-state index is 0.734. The van der Waals surface area contributed by atoms with E-state index in [2.05, 4.69) is 17.4 Å².